The van der Waals surface area contributed by atoms with E-state index in [4.69, 9.17) is 15.0 Å². The van der Waals surface area contributed by atoms with E-state index in [1.165, 1.54) is 76.8 Å². The van der Waals surface area contributed by atoms with Crippen molar-refractivity contribution in [2.75, 3.05) is 0 Å². The van der Waals surface area contributed by atoms with Crippen LogP contribution < -0.4 is 0 Å². The Morgan fingerprint density at radius 3 is 0.856 bits per heavy atom. The molecule has 0 N–H and O–H groups in total. The summed E-state index contributed by atoms with van der Waals surface area (Å²) in [5, 5.41) is 7.28. The predicted molar refractivity (Wildman–Crippen MR) is 544 cm³/mol. The number of aromatic nitrogens is 6. The number of hydrogen-bond acceptors (Lipinski definition) is 3. The van der Waals surface area contributed by atoms with E-state index in [0.29, 0.717) is 12.8 Å². The zero-order valence-corrected chi connectivity index (χ0v) is 74.3. The molecule has 24 aromatic rings. The van der Waals surface area contributed by atoms with Gasteiger partial charge in [0.1, 0.15) is 0 Å². The van der Waals surface area contributed by atoms with Crippen LogP contribution in [0.3, 0.4) is 0 Å². The van der Waals surface area contributed by atoms with Gasteiger partial charge in [0, 0.05) is 68.0 Å². The van der Waals surface area contributed by atoms with E-state index in [9.17, 15) is 0 Å². The van der Waals surface area contributed by atoms with Crippen molar-refractivity contribution in [1.82, 2.24) is 28.7 Å². The van der Waals surface area contributed by atoms with Gasteiger partial charge in [0.05, 0.1) is 33.1 Å². The third-order valence-electron chi connectivity index (χ3n) is 26.1. The molecule has 18 aromatic carbocycles. The van der Waals surface area contributed by atoms with Crippen LogP contribution in [0.25, 0.3) is 228 Å². The molecule has 6 nitrogen and oxygen atoms in total. The standard InChI is InChI=1S/C125H81N6.Ir/c1-4-26-84(27-5-1)91-57-68-123-114(77-91)108-36-14-17-42-120(108)129(123)99-60-49-88(50-61-99)111-80-94(117-39-20-23-71-126-117)48-47-87(111)46-45-83-74-97(102-32-10-12-34-104(102)106-66-55-95(118-40-21-24-72-127-118)81-112(106)89-51-62-100(63-52-89)130-121-43-18-15-37-109(121)115-78-92(58-69-124(115)130)85-28-6-2-7-29-85)76-98(75-83)103-33-11-13-35-105(103)107-67-56-96(119-41-22-25-73-128-119)82-113(107)90-53-64-101(65-54-90)131-122-44-19-16-38-110(122)116-79-93(59-70-125(116)131)86-30-8-3-9-31-86;/h1-44,47,49-54,57-82H,45-46H2;/q-3;+3. The van der Waals surface area contributed by atoms with E-state index < -0.39 is 0 Å². The summed E-state index contributed by atoms with van der Waals surface area (Å²) in [6.07, 6.45) is 7.01. The summed E-state index contributed by atoms with van der Waals surface area (Å²) in [6, 6.07) is 175. The summed E-state index contributed by atoms with van der Waals surface area (Å²) in [6.45, 7) is 0. The molecule has 0 saturated carbocycles. The Labute approximate surface area is 780 Å². The van der Waals surface area contributed by atoms with E-state index in [1.807, 2.05) is 36.8 Å². The van der Waals surface area contributed by atoms with Gasteiger partial charge in [0.25, 0.3) is 0 Å². The molecule has 0 radical (unpaired) electrons. The molecule has 620 valence electrons. The van der Waals surface area contributed by atoms with Gasteiger partial charge in [-0.3, -0.25) is 0 Å². The van der Waals surface area contributed by atoms with Gasteiger partial charge in [-0.05, 0) is 217 Å². The van der Waals surface area contributed by atoms with Crippen LogP contribution >= 0.6 is 0 Å². The van der Waals surface area contributed by atoms with Gasteiger partial charge in [-0.25, -0.2) is 0 Å². The first-order valence-corrected chi connectivity index (χ1v) is 44.8. The van der Waals surface area contributed by atoms with Crippen LogP contribution in [-0.4, -0.2) is 28.7 Å². The third kappa shape index (κ3) is 14.8. The molecule has 0 aliphatic heterocycles. The number of pyridine rings is 3. The number of nitrogens with zero attached hydrogens (tertiary/aromatic N) is 6. The van der Waals surface area contributed by atoms with Crippen LogP contribution in [0.5, 0.6) is 0 Å². The summed E-state index contributed by atoms with van der Waals surface area (Å²) >= 11 is 0. The summed E-state index contributed by atoms with van der Waals surface area (Å²) in [5.74, 6) is 0. The van der Waals surface area contributed by atoms with Gasteiger partial charge in [-0.2, -0.15) is 0 Å². The van der Waals surface area contributed by atoms with Crippen molar-refractivity contribution in [2.24, 2.45) is 0 Å². The second kappa shape index (κ2) is 34.6. The van der Waals surface area contributed by atoms with Crippen molar-refractivity contribution in [3.63, 3.8) is 0 Å². The maximum atomic E-state index is 4.92. The van der Waals surface area contributed by atoms with E-state index in [0.717, 1.165) is 162 Å². The van der Waals surface area contributed by atoms with Crippen molar-refractivity contribution in [3.8, 4) is 162 Å². The maximum absolute atomic E-state index is 4.92. The van der Waals surface area contributed by atoms with Gasteiger partial charge in [-0.1, -0.05) is 343 Å². The number of benzene rings is 18. The molecule has 6 heterocycles. The van der Waals surface area contributed by atoms with E-state index in [-0.39, 0.29) is 20.1 Å². The number of rotatable bonds is 19. The van der Waals surface area contributed by atoms with Gasteiger partial charge in [0.2, 0.25) is 0 Å². The molecular weight excluding hydrogens is 1780 g/mol. The van der Waals surface area contributed by atoms with E-state index in [1.54, 1.807) is 0 Å². The molecule has 0 aliphatic carbocycles. The topological polar surface area (TPSA) is 53.5 Å². The van der Waals surface area contributed by atoms with Crippen LogP contribution in [0, 0.1) is 18.2 Å². The Morgan fingerprint density at radius 2 is 0.492 bits per heavy atom. The number of hydrogen-bond donors (Lipinski definition) is 0. The van der Waals surface area contributed by atoms with Gasteiger partial charge in [0.15, 0.2) is 0 Å². The molecule has 0 aliphatic rings. The summed E-state index contributed by atoms with van der Waals surface area (Å²) in [7, 11) is 0. The van der Waals surface area contributed by atoms with Crippen LogP contribution in [-0.2, 0) is 32.9 Å². The van der Waals surface area contributed by atoms with Crippen molar-refractivity contribution < 1.29 is 20.1 Å². The molecule has 24 rings (SSSR count). The molecule has 0 spiro atoms. The summed E-state index contributed by atoms with van der Waals surface area (Å²) in [4.78, 5) is 14.7. The fourth-order valence-corrected chi connectivity index (χ4v) is 19.8. The van der Waals surface area contributed by atoms with E-state index in [2.05, 4.69) is 463 Å². The predicted octanol–water partition coefficient (Wildman–Crippen LogP) is 32.0. The smallest absolute Gasteiger partial charge is 0.309 e. The Bertz CT molecular complexity index is 8110. The molecule has 0 unspecified atom stereocenters. The second-order valence-electron chi connectivity index (χ2n) is 33.8. The van der Waals surface area contributed by atoms with Gasteiger partial charge >= 0.3 is 20.1 Å². The molecular formula is C125H81IrN6. The molecule has 6 aromatic heterocycles. The first-order chi connectivity index (χ1) is 64.9. The first-order valence-electron chi connectivity index (χ1n) is 44.8. The first kappa shape index (κ1) is 80.1. The maximum Gasteiger partial charge on any atom is 3.00 e. The SMILES string of the molecule is [Ir+3].[c-]1cc(CCc2cc(-c3ccccc3-c3c[c-]c(-c4ccccn4)cc3-c3ccc(-n4c5ccccc5c5cc(-c6ccccc6)ccc54)cc3)cc(-c3ccccc3-c3c[c-]c(-c4ccccn4)cc3-c3ccc(-n4c5ccccc5c5cc(-c6ccccc6)ccc54)cc3)c2)c(-c2ccc(-n3c4ccccc4c4cc(-c5ccccc5)ccc43)cc2)cc1-c1ccccn1. The minimum absolute atomic E-state index is 0. The van der Waals surface area contributed by atoms with E-state index >= 15 is 0 Å². The minimum atomic E-state index is 0. The fraction of sp³-hybridized carbons (Fsp3) is 0.0160. The third-order valence-corrected chi connectivity index (χ3v) is 26.1. The zero-order chi connectivity index (χ0) is 86.7. The van der Waals surface area contributed by atoms with Crippen LogP contribution in [0.4, 0.5) is 0 Å². The summed E-state index contributed by atoms with van der Waals surface area (Å²) < 4.78 is 7.23. The largest absolute Gasteiger partial charge is 3.00 e. The molecule has 132 heavy (non-hydrogen) atoms. The van der Waals surface area contributed by atoms with Crippen LogP contribution in [0.15, 0.2) is 468 Å². The second-order valence-corrected chi connectivity index (χ2v) is 33.8. The number of fused-ring (bicyclic) bond motifs is 9. The van der Waals surface area contributed by atoms with Crippen molar-refractivity contribution in [2.45, 2.75) is 12.8 Å². The Morgan fingerprint density at radius 1 is 0.189 bits per heavy atom. The Hall–Kier alpha value is -16.5. The Kier molecular flexibility index (Phi) is 21.0. The fourth-order valence-electron chi connectivity index (χ4n) is 19.8. The minimum Gasteiger partial charge on any atom is -0.309 e. The molecule has 7 heteroatoms. The number of aryl methyl sites for hydroxylation is 2. The van der Waals surface area contributed by atoms with Crippen LogP contribution in [0.2, 0.25) is 0 Å². The molecule has 0 saturated heterocycles. The van der Waals surface area contributed by atoms with Crippen molar-refractivity contribution >= 4 is 65.4 Å². The molecule has 0 bridgehead atoms. The van der Waals surface area contributed by atoms with Gasteiger partial charge in [-0.15, -0.1) is 76.9 Å². The average Bonchev–Trinajstić information content (AvgIpc) is 1.60. The summed E-state index contributed by atoms with van der Waals surface area (Å²) in [5.41, 5.74) is 40.2. The van der Waals surface area contributed by atoms with Crippen molar-refractivity contribution in [1.29, 1.82) is 0 Å². The Balaban J connectivity index is 0.00000988. The van der Waals surface area contributed by atoms with Crippen molar-refractivity contribution in [3.05, 3.63) is 497 Å². The number of para-hydroxylation sites is 3. The normalized spacial score (nSPS) is 11.5. The van der Waals surface area contributed by atoms with Crippen LogP contribution in [0.1, 0.15) is 11.1 Å². The zero-order valence-electron chi connectivity index (χ0n) is 71.9. The molecule has 0 atom stereocenters. The van der Waals surface area contributed by atoms with Gasteiger partial charge < -0.3 is 28.7 Å². The monoisotopic (exact) mass is 1860 g/mol. The average molecular weight is 1860 g/mol. The molecule has 0 amide bonds. The quantitative estimate of drug-likeness (QED) is 0.0758. The molecule has 0 fully saturated rings.